The van der Waals surface area contributed by atoms with Gasteiger partial charge in [-0.25, -0.2) is 4.79 Å². The first-order valence-electron chi connectivity index (χ1n) is 3.96. The van der Waals surface area contributed by atoms with Crippen molar-refractivity contribution in [1.82, 2.24) is 0 Å². The van der Waals surface area contributed by atoms with E-state index in [-0.39, 0.29) is 19.8 Å². The van der Waals surface area contributed by atoms with Gasteiger partial charge in [0, 0.05) is 0 Å². The van der Waals surface area contributed by atoms with E-state index in [1.165, 1.54) is 18.2 Å². The van der Waals surface area contributed by atoms with Gasteiger partial charge in [-0.2, -0.15) is 0 Å². The lowest BCUT2D eigenvalue weighted by molar-refractivity contribution is 0.0718. The minimum absolute atomic E-state index is 0.0833. The number of aliphatic hydroxyl groups excluding tert-OH is 1. The van der Waals surface area contributed by atoms with Crippen LogP contribution in [0, 0.1) is 0 Å². The molecule has 80 valence electrons. The van der Waals surface area contributed by atoms with Crippen LogP contribution in [0.5, 0.6) is 0 Å². The summed E-state index contributed by atoms with van der Waals surface area (Å²) in [6.45, 7) is 10.4. The molecule has 0 unspecified atom stereocenters. The number of rotatable bonds is 5. The number of carbonyl (C=O) groups is 1. The van der Waals surface area contributed by atoms with Gasteiger partial charge in [-0.1, -0.05) is 31.4 Å². The molecule has 4 heteroatoms. The molecule has 0 heterocycles. The Balaban J connectivity index is 0. The fraction of sp³-hybridized carbons (Fsp3) is 0.300. The van der Waals surface area contributed by atoms with Crippen LogP contribution in [-0.2, 0) is 9.47 Å². The van der Waals surface area contributed by atoms with Gasteiger partial charge in [-0.05, 0) is 0 Å². The second-order valence-corrected chi connectivity index (χ2v) is 1.92. The third-order valence-electron chi connectivity index (χ3n) is 0.767. The molecule has 0 atom stereocenters. The molecular formula is C10H16O4. The minimum atomic E-state index is -0.695. The molecule has 0 aliphatic rings. The molecule has 14 heavy (non-hydrogen) atoms. The Morgan fingerprint density at radius 1 is 1.07 bits per heavy atom. The molecule has 0 saturated heterocycles. The molecule has 0 fully saturated rings. The third kappa shape index (κ3) is 16.8. The Hall–Kier alpha value is -1.55. The Morgan fingerprint density at radius 2 is 1.43 bits per heavy atom. The van der Waals surface area contributed by atoms with E-state index in [1.807, 2.05) is 0 Å². The third-order valence-corrected chi connectivity index (χ3v) is 0.767. The lowest BCUT2D eigenvalue weighted by Gasteiger charge is -1.99. The van der Waals surface area contributed by atoms with Crippen molar-refractivity contribution in [2.75, 3.05) is 19.8 Å². The van der Waals surface area contributed by atoms with Gasteiger partial charge in [0.15, 0.2) is 0 Å². The lowest BCUT2D eigenvalue weighted by Crippen LogP contribution is -2.06. The maximum Gasteiger partial charge on any atom is 0.508 e. The SMILES string of the molecule is C=CCO.C=CCOC(=O)OCC=C. The van der Waals surface area contributed by atoms with E-state index in [2.05, 4.69) is 29.2 Å². The minimum Gasteiger partial charge on any atom is -0.430 e. The summed E-state index contributed by atoms with van der Waals surface area (Å²) in [6, 6.07) is 0. The van der Waals surface area contributed by atoms with Crippen molar-refractivity contribution in [1.29, 1.82) is 0 Å². The van der Waals surface area contributed by atoms with Gasteiger partial charge in [0.05, 0.1) is 6.61 Å². The Labute approximate surface area is 84.1 Å². The largest absolute Gasteiger partial charge is 0.508 e. The van der Waals surface area contributed by atoms with Gasteiger partial charge < -0.3 is 14.6 Å². The molecule has 0 aromatic carbocycles. The van der Waals surface area contributed by atoms with Crippen LogP contribution < -0.4 is 0 Å². The Morgan fingerprint density at radius 3 is 1.64 bits per heavy atom. The number of hydrogen-bond donors (Lipinski definition) is 1. The van der Waals surface area contributed by atoms with Crippen LogP contribution in [0.2, 0.25) is 0 Å². The quantitative estimate of drug-likeness (QED) is 0.542. The van der Waals surface area contributed by atoms with Crippen LogP contribution in [0.3, 0.4) is 0 Å². The molecular weight excluding hydrogens is 184 g/mol. The Kier molecular flexibility index (Phi) is 14.9. The zero-order chi connectivity index (χ0) is 11.2. The average molecular weight is 200 g/mol. The molecule has 0 rings (SSSR count). The maximum atomic E-state index is 10.4. The standard InChI is InChI=1S/C7H10O3.C3H6O/c1-3-5-9-7(8)10-6-4-2;1-2-3-4/h3-4H,1-2,5-6H2;2,4H,1,3H2. The summed E-state index contributed by atoms with van der Waals surface area (Å²) in [7, 11) is 0. The van der Waals surface area contributed by atoms with Gasteiger partial charge in [0.25, 0.3) is 0 Å². The second kappa shape index (κ2) is 14.0. The van der Waals surface area contributed by atoms with E-state index >= 15 is 0 Å². The summed E-state index contributed by atoms with van der Waals surface area (Å²) in [4.78, 5) is 10.4. The van der Waals surface area contributed by atoms with Gasteiger partial charge in [0.2, 0.25) is 0 Å². The van der Waals surface area contributed by atoms with Crippen molar-refractivity contribution in [3.05, 3.63) is 38.0 Å². The summed E-state index contributed by atoms with van der Waals surface area (Å²) in [5.41, 5.74) is 0. The number of hydrogen-bond acceptors (Lipinski definition) is 4. The van der Waals surface area contributed by atoms with Crippen LogP contribution in [-0.4, -0.2) is 31.1 Å². The molecule has 0 aliphatic heterocycles. The fourth-order valence-electron chi connectivity index (χ4n) is 0.296. The van der Waals surface area contributed by atoms with E-state index in [0.29, 0.717) is 0 Å². The van der Waals surface area contributed by atoms with Crippen molar-refractivity contribution in [3.63, 3.8) is 0 Å². The van der Waals surface area contributed by atoms with Crippen LogP contribution in [0.4, 0.5) is 4.79 Å². The van der Waals surface area contributed by atoms with E-state index < -0.39 is 6.16 Å². The predicted molar refractivity (Wildman–Crippen MR) is 55.0 cm³/mol. The molecule has 4 nitrogen and oxygen atoms in total. The summed E-state index contributed by atoms with van der Waals surface area (Å²) in [6.07, 6.45) is 3.67. The predicted octanol–water partition coefficient (Wildman–Crippen LogP) is 1.68. The van der Waals surface area contributed by atoms with Crippen LogP contribution in [0.1, 0.15) is 0 Å². The first kappa shape index (κ1) is 14.9. The Bertz CT molecular complexity index is 161. The highest BCUT2D eigenvalue weighted by atomic mass is 16.7. The topological polar surface area (TPSA) is 55.8 Å². The van der Waals surface area contributed by atoms with E-state index in [9.17, 15) is 4.79 Å². The molecule has 0 saturated carbocycles. The highest BCUT2D eigenvalue weighted by molar-refractivity contribution is 5.60. The van der Waals surface area contributed by atoms with Crippen LogP contribution >= 0.6 is 0 Å². The average Bonchev–Trinajstić information content (AvgIpc) is 2.23. The molecule has 0 aromatic rings. The summed E-state index contributed by atoms with van der Waals surface area (Å²) in [5, 5.41) is 7.76. The van der Waals surface area contributed by atoms with Crippen LogP contribution in [0.25, 0.3) is 0 Å². The molecule has 0 bridgehead atoms. The van der Waals surface area contributed by atoms with Crippen LogP contribution in [0.15, 0.2) is 38.0 Å². The molecule has 1 N–H and O–H groups in total. The van der Waals surface area contributed by atoms with Crippen molar-refractivity contribution in [2.24, 2.45) is 0 Å². The van der Waals surface area contributed by atoms with Gasteiger partial charge in [0.1, 0.15) is 13.2 Å². The van der Waals surface area contributed by atoms with E-state index in [4.69, 9.17) is 5.11 Å². The molecule has 0 aromatic heterocycles. The normalized spacial score (nSPS) is 7.50. The van der Waals surface area contributed by atoms with E-state index in [1.54, 1.807) is 0 Å². The van der Waals surface area contributed by atoms with Crippen molar-refractivity contribution >= 4 is 6.16 Å². The monoisotopic (exact) mass is 200 g/mol. The first-order valence-corrected chi connectivity index (χ1v) is 3.96. The van der Waals surface area contributed by atoms with Gasteiger partial charge in [-0.3, -0.25) is 0 Å². The molecule has 0 aliphatic carbocycles. The maximum absolute atomic E-state index is 10.4. The lowest BCUT2D eigenvalue weighted by atomic mass is 10.7. The molecule has 0 radical (unpaired) electrons. The summed E-state index contributed by atoms with van der Waals surface area (Å²) >= 11 is 0. The first-order chi connectivity index (χ1) is 6.72. The second-order valence-electron chi connectivity index (χ2n) is 1.92. The zero-order valence-electron chi connectivity index (χ0n) is 8.15. The van der Waals surface area contributed by atoms with Crippen molar-refractivity contribution < 1.29 is 19.4 Å². The smallest absolute Gasteiger partial charge is 0.430 e. The summed E-state index contributed by atoms with van der Waals surface area (Å²) in [5.74, 6) is 0. The number of aliphatic hydroxyl groups is 1. The van der Waals surface area contributed by atoms with Gasteiger partial charge in [-0.15, -0.1) is 6.58 Å². The fourth-order valence-corrected chi connectivity index (χ4v) is 0.296. The molecule has 0 spiro atoms. The van der Waals surface area contributed by atoms with Crippen molar-refractivity contribution in [3.8, 4) is 0 Å². The molecule has 0 amide bonds. The highest BCUT2D eigenvalue weighted by Gasteiger charge is 1.97. The van der Waals surface area contributed by atoms with E-state index in [0.717, 1.165) is 0 Å². The number of carbonyl (C=O) groups excluding carboxylic acids is 1. The van der Waals surface area contributed by atoms with Gasteiger partial charge >= 0.3 is 6.16 Å². The van der Waals surface area contributed by atoms with Crippen molar-refractivity contribution in [2.45, 2.75) is 0 Å². The number of ether oxygens (including phenoxy) is 2. The zero-order valence-corrected chi connectivity index (χ0v) is 8.15. The highest BCUT2D eigenvalue weighted by Crippen LogP contribution is 1.84. The summed E-state index contributed by atoms with van der Waals surface area (Å²) < 4.78 is 8.93.